The molecule has 3 rings (SSSR count). The first-order valence-electron chi connectivity index (χ1n) is 8.41. The van der Waals surface area contributed by atoms with E-state index in [1.165, 1.54) is 5.56 Å². The van der Waals surface area contributed by atoms with Crippen LogP contribution in [-0.4, -0.2) is 39.2 Å². The van der Waals surface area contributed by atoms with Gasteiger partial charge in [-0.3, -0.25) is 4.90 Å². The number of nitrogens with zero attached hydrogens (tertiary/aromatic N) is 3. The first-order valence-corrected chi connectivity index (χ1v) is 8.41. The second-order valence-corrected chi connectivity index (χ2v) is 6.70. The third-order valence-electron chi connectivity index (χ3n) is 4.48. The summed E-state index contributed by atoms with van der Waals surface area (Å²) < 4.78 is 5.27. The number of carboxylic acids is 1. The Balaban J connectivity index is 1.64. The first-order chi connectivity index (χ1) is 11.5. The highest BCUT2D eigenvalue weighted by Crippen LogP contribution is 2.28. The van der Waals surface area contributed by atoms with Gasteiger partial charge in [0, 0.05) is 12.5 Å². The molecule has 0 radical (unpaired) electrons. The number of carboxylic acid groups (broad SMARTS) is 1. The number of hydrogen-bond acceptors (Lipinski definition) is 5. The van der Waals surface area contributed by atoms with E-state index in [9.17, 15) is 4.79 Å². The van der Waals surface area contributed by atoms with Crippen LogP contribution in [-0.2, 0) is 6.54 Å². The van der Waals surface area contributed by atoms with E-state index in [-0.39, 0.29) is 5.92 Å². The zero-order chi connectivity index (χ0) is 17.1. The van der Waals surface area contributed by atoms with E-state index in [0.717, 1.165) is 31.8 Å². The van der Waals surface area contributed by atoms with Crippen LogP contribution in [0.2, 0.25) is 0 Å². The summed E-state index contributed by atoms with van der Waals surface area (Å²) in [4.78, 5) is 17.8. The van der Waals surface area contributed by atoms with Crippen LogP contribution in [0.3, 0.4) is 0 Å². The quantitative estimate of drug-likeness (QED) is 0.907. The third kappa shape index (κ3) is 3.82. The Kier molecular flexibility index (Phi) is 4.94. The van der Waals surface area contributed by atoms with Crippen molar-refractivity contribution in [1.82, 2.24) is 15.0 Å². The number of hydrogen-bond donors (Lipinski definition) is 1. The maximum atomic E-state index is 11.0. The van der Waals surface area contributed by atoms with Gasteiger partial charge in [0.15, 0.2) is 5.82 Å². The van der Waals surface area contributed by atoms with Crippen molar-refractivity contribution in [3.05, 3.63) is 47.1 Å². The minimum Gasteiger partial charge on any atom is -0.478 e. The molecule has 1 fully saturated rings. The normalized spacial score (nSPS) is 18.9. The van der Waals surface area contributed by atoms with E-state index < -0.39 is 5.97 Å². The van der Waals surface area contributed by atoms with Gasteiger partial charge in [-0.1, -0.05) is 31.1 Å². The minimum atomic E-state index is -0.884. The Bertz CT molecular complexity index is 694. The number of aromatic nitrogens is 2. The fourth-order valence-corrected chi connectivity index (χ4v) is 3.14. The molecule has 1 saturated heterocycles. The lowest BCUT2D eigenvalue weighted by molar-refractivity contribution is 0.0697. The van der Waals surface area contributed by atoms with Crippen molar-refractivity contribution in [3.63, 3.8) is 0 Å². The van der Waals surface area contributed by atoms with Crippen LogP contribution >= 0.6 is 0 Å². The molecule has 1 aromatic carbocycles. The van der Waals surface area contributed by atoms with Crippen LogP contribution in [0, 0.1) is 0 Å². The van der Waals surface area contributed by atoms with Crippen molar-refractivity contribution >= 4 is 5.97 Å². The van der Waals surface area contributed by atoms with E-state index >= 15 is 0 Å². The van der Waals surface area contributed by atoms with E-state index in [1.54, 1.807) is 12.1 Å². The summed E-state index contributed by atoms with van der Waals surface area (Å²) in [5.41, 5.74) is 1.53. The molecular formula is C18H23N3O3. The highest BCUT2D eigenvalue weighted by Gasteiger charge is 2.23. The molecule has 6 heteroatoms. The highest BCUT2D eigenvalue weighted by atomic mass is 16.5. The van der Waals surface area contributed by atoms with E-state index in [1.807, 2.05) is 26.0 Å². The molecule has 1 aliphatic heterocycles. The number of aromatic carboxylic acids is 1. The SMILES string of the molecule is CC(C)c1nc(CN2CCCC(c3ccc(C(=O)O)cc3)C2)no1. The molecule has 0 bridgehead atoms. The summed E-state index contributed by atoms with van der Waals surface area (Å²) >= 11 is 0. The molecule has 1 aliphatic rings. The van der Waals surface area contributed by atoms with Crippen molar-refractivity contribution in [2.75, 3.05) is 13.1 Å². The average Bonchev–Trinajstić information content (AvgIpc) is 3.04. The van der Waals surface area contributed by atoms with Gasteiger partial charge >= 0.3 is 5.97 Å². The number of rotatable bonds is 5. The molecule has 24 heavy (non-hydrogen) atoms. The van der Waals surface area contributed by atoms with E-state index in [2.05, 4.69) is 15.0 Å². The third-order valence-corrected chi connectivity index (χ3v) is 4.48. The molecule has 128 valence electrons. The van der Waals surface area contributed by atoms with Gasteiger partial charge in [-0.25, -0.2) is 4.79 Å². The second-order valence-electron chi connectivity index (χ2n) is 6.70. The van der Waals surface area contributed by atoms with Crippen LogP contribution in [0.15, 0.2) is 28.8 Å². The van der Waals surface area contributed by atoms with Crippen molar-refractivity contribution < 1.29 is 14.4 Å². The predicted octanol–water partition coefficient (Wildman–Crippen LogP) is 3.27. The summed E-state index contributed by atoms with van der Waals surface area (Å²) in [5, 5.41) is 13.1. The topological polar surface area (TPSA) is 79.5 Å². The monoisotopic (exact) mass is 329 g/mol. The smallest absolute Gasteiger partial charge is 0.335 e. The molecule has 0 saturated carbocycles. The van der Waals surface area contributed by atoms with E-state index in [4.69, 9.17) is 9.63 Å². The van der Waals surface area contributed by atoms with Gasteiger partial charge < -0.3 is 9.63 Å². The number of carbonyl (C=O) groups is 1. The molecule has 1 N–H and O–H groups in total. The van der Waals surface area contributed by atoms with Crippen molar-refractivity contribution in [3.8, 4) is 0 Å². The van der Waals surface area contributed by atoms with Gasteiger partial charge in [0.25, 0.3) is 0 Å². The van der Waals surface area contributed by atoms with Crippen LogP contribution in [0.1, 0.15) is 66.2 Å². The Morgan fingerprint density at radius 1 is 1.38 bits per heavy atom. The van der Waals surface area contributed by atoms with Crippen LogP contribution in [0.25, 0.3) is 0 Å². The fourth-order valence-electron chi connectivity index (χ4n) is 3.14. The second kappa shape index (κ2) is 7.13. The zero-order valence-corrected chi connectivity index (χ0v) is 14.1. The van der Waals surface area contributed by atoms with Gasteiger partial charge in [0.2, 0.25) is 5.89 Å². The average molecular weight is 329 g/mol. The van der Waals surface area contributed by atoms with E-state index in [0.29, 0.717) is 23.9 Å². The lowest BCUT2D eigenvalue weighted by Gasteiger charge is -2.32. The summed E-state index contributed by atoms with van der Waals surface area (Å²) in [5.74, 6) is 1.19. The summed E-state index contributed by atoms with van der Waals surface area (Å²) in [6, 6.07) is 7.24. The number of benzene rings is 1. The minimum absolute atomic E-state index is 0.244. The number of likely N-dealkylation sites (tertiary alicyclic amines) is 1. The molecule has 0 spiro atoms. The van der Waals surface area contributed by atoms with Gasteiger partial charge in [0.1, 0.15) is 0 Å². The molecule has 0 amide bonds. The molecule has 1 atom stereocenters. The molecule has 1 aromatic heterocycles. The lowest BCUT2D eigenvalue weighted by Crippen LogP contribution is -2.34. The summed E-state index contributed by atoms with van der Waals surface area (Å²) in [7, 11) is 0. The zero-order valence-electron chi connectivity index (χ0n) is 14.1. The molecular weight excluding hydrogens is 306 g/mol. The number of piperidine rings is 1. The maximum absolute atomic E-state index is 11.0. The molecule has 0 aliphatic carbocycles. The van der Waals surface area contributed by atoms with Crippen LogP contribution < -0.4 is 0 Å². The largest absolute Gasteiger partial charge is 0.478 e. The fraction of sp³-hybridized carbons (Fsp3) is 0.500. The Labute approximate surface area is 141 Å². The highest BCUT2D eigenvalue weighted by molar-refractivity contribution is 5.87. The van der Waals surface area contributed by atoms with Crippen molar-refractivity contribution in [1.29, 1.82) is 0 Å². The first kappa shape index (κ1) is 16.6. The van der Waals surface area contributed by atoms with Crippen molar-refractivity contribution in [2.45, 2.75) is 45.1 Å². The van der Waals surface area contributed by atoms with Gasteiger partial charge in [-0.15, -0.1) is 0 Å². The predicted molar refractivity (Wildman–Crippen MR) is 89.0 cm³/mol. The lowest BCUT2D eigenvalue weighted by atomic mass is 9.90. The molecule has 2 heterocycles. The molecule has 1 unspecified atom stereocenters. The Hall–Kier alpha value is -2.21. The van der Waals surface area contributed by atoms with Crippen molar-refractivity contribution in [2.24, 2.45) is 0 Å². The summed E-state index contributed by atoms with van der Waals surface area (Å²) in [6.07, 6.45) is 2.23. The Morgan fingerprint density at radius 2 is 2.12 bits per heavy atom. The van der Waals surface area contributed by atoms with Crippen LogP contribution in [0.4, 0.5) is 0 Å². The van der Waals surface area contributed by atoms with Gasteiger partial charge in [-0.2, -0.15) is 4.98 Å². The molecule has 2 aromatic rings. The molecule has 6 nitrogen and oxygen atoms in total. The maximum Gasteiger partial charge on any atom is 0.335 e. The Morgan fingerprint density at radius 3 is 2.75 bits per heavy atom. The van der Waals surface area contributed by atoms with Gasteiger partial charge in [0.05, 0.1) is 12.1 Å². The van der Waals surface area contributed by atoms with Crippen LogP contribution in [0.5, 0.6) is 0 Å². The standard InChI is InChI=1S/C18H23N3O3/c1-12(2)17-19-16(20-24-17)11-21-9-3-4-15(10-21)13-5-7-14(8-6-13)18(22)23/h5-8,12,15H,3-4,9-11H2,1-2H3,(H,22,23). The van der Waals surface area contributed by atoms with Gasteiger partial charge in [-0.05, 0) is 43.0 Å². The summed E-state index contributed by atoms with van der Waals surface area (Å²) in [6.45, 7) is 6.72.